The van der Waals surface area contributed by atoms with Crippen molar-refractivity contribution in [1.29, 1.82) is 0 Å². The summed E-state index contributed by atoms with van der Waals surface area (Å²) in [7, 11) is 3.19. The van der Waals surface area contributed by atoms with E-state index in [1.54, 1.807) is 17.7 Å². The van der Waals surface area contributed by atoms with E-state index in [0.717, 1.165) is 12.1 Å². The Labute approximate surface area is 93.5 Å². The number of allylic oxidation sites excluding steroid dienone is 2. The Morgan fingerprint density at radius 2 is 2.06 bits per heavy atom. The van der Waals surface area contributed by atoms with Gasteiger partial charge in [0.15, 0.2) is 5.76 Å². The SMILES string of the molecule is CCc1cc2c(n1C)C(=O)C=C(OC)C2=O. The predicted octanol–water partition coefficient (Wildman–Crippen LogP) is 1.50. The predicted molar refractivity (Wildman–Crippen MR) is 58.5 cm³/mol. The summed E-state index contributed by atoms with van der Waals surface area (Å²) in [5.41, 5.74) is 1.88. The third-order valence-corrected chi connectivity index (χ3v) is 2.88. The second-order valence-electron chi connectivity index (χ2n) is 3.72. The molecule has 0 radical (unpaired) electrons. The molecule has 0 saturated heterocycles. The fourth-order valence-corrected chi connectivity index (χ4v) is 2.00. The number of methoxy groups -OCH3 is 1. The summed E-state index contributed by atoms with van der Waals surface area (Å²) in [6.07, 6.45) is 2.04. The molecule has 0 amide bonds. The molecule has 0 atom stereocenters. The lowest BCUT2D eigenvalue weighted by Crippen LogP contribution is -2.19. The van der Waals surface area contributed by atoms with E-state index in [0.29, 0.717) is 11.3 Å². The van der Waals surface area contributed by atoms with E-state index in [2.05, 4.69) is 0 Å². The number of rotatable bonds is 2. The molecule has 0 aromatic carbocycles. The zero-order chi connectivity index (χ0) is 11.9. The third kappa shape index (κ3) is 1.30. The van der Waals surface area contributed by atoms with Crippen molar-refractivity contribution in [1.82, 2.24) is 4.57 Å². The van der Waals surface area contributed by atoms with Gasteiger partial charge in [-0.25, -0.2) is 0 Å². The molecule has 0 spiro atoms. The maximum Gasteiger partial charge on any atom is 0.229 e. The van der Waals surface area contributed by atoms with E-state index in [1.165, 1.54) is 13.2 Å². The van der Waals surface area contributed by atoms with Crippen LogP contribution in [-0.4, -0.2) is 23.2 Å². The number of ether oxygens (including phenoxy) is 1. The molecule has 2 rings (SSSR count). The van der Waals surface area contributed by atoms with Gasteiger partial charge < -0.3 is 9.30 Å². The van der Waals surface area contributed by atoms with Gasteiger partial charge >= 0.3 is 0 Å². The van der Waals surface area contributed by atoms with Crippen molar-refractivity contribution in [2.75, 3.05) is 7.11 Å². The van der Waals surface area contributed by atoms with Crippen LogP contribution in [0.2, 0.25) is 0 Å². The highest BCUT2D eigenvalue weighted by molar-refractivity contribution is 6.23. The van der Waals surface area contributed by atoms with Crippen molar-refractivity contribution >= 4 is 11.6 Å². The molecule has 0 aliphatic heterocycles. The molecule has 1 aliphatic rings. The third-order valence-electron chi connectivity index (χ3n) is 2.88. The topological polar surface area (TPSA) is 48.3 Å². The number of fused-ring (bicyclic) bond motifs is 1. The minimum atomic E-state index is -0.215. The summed E-state index contributed by atoms with van der Waals surface area (Å²) >= 11 is 0. The zero-order valence-corrected chi connectivity index (χ0v) is 9.53. The molecular formula is C12H13NO3. The van der Waals surface area contributed by atoms with Gasteiger partial charge in [0.05, 0.1) is 12.7 Å². The number of Topliss-reactive ketones (excluding diaryl/α,β-unsaturated/α-hetero) is 1. The smallest absolute Gasteiger partial charge is 0.229 e. The maximum atomic E-state index is 11.9. The van der Waals surface area contributed by atoms with Crippen molar-refractivity contribution in [3.8, 4) is 0 Å². The quantitative estimate of drug-likeness (QED) is 0.757. The van der Waals surface area contributed by atoms with Crippen LogP contribution in [0.3, 0.4) is 0 Å². The lowest BCUT2D eigenvalue weighted by Gasteiger charge is -2.11. The van der Waals surface area contributed by atoms with E-state index >= 15 is 0 Å². The van der Waals surface area contributed by atoms with E-state index in [-0.39, 0.29) is 17.3 Å². The van der Waals surface area contributed by atoms with Crippen molar-refractivity contribution in [3.05, 3.63) is 34.9 Å². The number of aryl methyl sites for hydroxylation is 1. The normalized spacial score (nSPS) is 14.8. The second-order valence-corrected chi connectivity index (χ2v) is 3.72. The Morgan fingerprint density at radius 1 is 1.38 bits per heavy atom. The molecule has 0 bridgehead atoms. The lowest BCUT2D eigenvalue weighted by atomic mass is 10.0. The van der Waals surface area contributed by atoms with Crippen LogP contribution >= 0.6 is 0 Å². The van der Waals surface area contributed by atoms with Gasteiger partial charge in [-0.05, 0) is 12.5 Å². The van der Waals surface area contributed by atoms with Gasteiger partial charge in [0.2, 0.25) is 11.6 Å². The summed E-state index contributed by atoms with van der Waals surface area (Å²) in [6.45, 7) is 1.99. The van der Waals surface area contributed by atoms with Crippen molar-refractivity contribution in [2.45, 2.75) is 13.3 Å². The van der Waals surface area contributed by atoms with Crippen LogP contribution in [-0.2, 0) is 18.2 Å². The zero-order valence-electron chi connectivity index (χ0n) is 9.53. The van der Waals surface area contributed by atoms with Crippen LogP contribution in [0.4, 0.5) is 0 Å². The van der Waals surface area contributed by atoms with Gasteiger partial charge in [-0.15, -0.1) is 0 Å². The highest BCUT2D eigenvalue weighted by atomic mass is 16.5. The van der Waals surface area contributed by atoms with Gasteiger partial charge in [0.1, 0.15) is 5.69 Å². The second kappa shape index (κ2) is 3.63. The lowest BCUT2D eigenvalue weighted by molar-refractivity contribution is 0.0914. The standard InChI is InChI=1S/C12H13NO3/c1-4-7-5-8-11(13(7)2)9(14)6-10(16-3)12(8)15/h5-6H,4H2,1-3H3. The Morgan fingerprint density at radius 3 is 2.62 bits per heavy atom. The van der Waals surface area contributed by atoms with Crippen molar-refractivity contribution in [2.24, 2.45) is 7.05 Å². The Kier molecular flexibility index (Phi) is 2.42. The number of carbonyl (C=O) groups is 2. The molecule has 0 saturated carbocycles. The molecule has 0 fully saturated rings. The fourth-order valence-electron chi connectivity index (χ4n) is 2.00. The molecule has 0 unspecified atom stereocenters. The molecule has 1 aromatic heterocycles. The number of hydrogen-bond donors (Lipinski definition) is 0. The number of ketones is 2. The van der Waals surface area contributed by atoms with Gasteiger partial charge in [-0.1, -0.05) is 6.92 Å². The van der Waals surface area contributed by atoms with Gasteiger partial charge in [0, 0.05) is 18.8 Å². The van der Waals surface area contributed by atoms with Crippen molar-refractivity contribution < 1.29 is 14.3 Å². The van der Waals surface area contributed by atoms with Crippen LogP contribution < -0.4 is 0 Å². The minimum absolute atomic E-state index is 0.116. The Hall–Kier alpha value is -1.84. The van der Waals surface area contributed by atoms with Crippen LogP contribution in [0.25, 0.3) is 0 Å². The summed E-state index contributed by atoms with van der Waals surface area (Å²) in [6, 6.07) is 1.77. The summed E-state index contributed by atoms with van der Waals surface area (Å²) in [5, 5.41) is 0. The van der Waals surface area contributed by atoms with Gasteiger partial charge in [-0.2, -0.15) is 0 Å². The largest absolute Gasteiger partial charge is 0.492 e. The molecule has 4 heteroatoms. The van der Waals surface area contributed by atoms with Crippen LogP contribution in [0, 0.1) is 0 Å². The maximum absolute atomic E-state index is 11.9. The molecule has 16 heavy (non-hydrogen) atoms. The molecule has 0 N–H and O–H groups in total. The molecular weight excluding hydrogens is 206 g/mol. The fraction of sp³-hybridized carbons (Fsp3) is 0.333. The average Bonchev–Trinajstić information content (AvgIpc) is 2.61. The summed E-state index contributed by atoms with van der Waals surface area (Å²) in [4.78, 5) is 23.7. The minimum Gasteiger partial charge on any atom is -0.492 e. The average molecular weight is 219 g/mol. The van der Waals surface area contributed by atoms with E-state index < -0.39 is 0 Å². The van der Waals surface area contributed by atoms with Crippen LogP contribution in [0.5, 0.6) is 0 Å². The molecule has 1 aromatic rings. The number of hydrogen-bond acceptors (Lipinski definition) is 3. The monoisotopic (exact) mass is 219 g/mol. The molecule has 84 valence electrons. The first-order chi connectivity index (χ1) is 7.60. The summed E-state index contributed by atoms with van der Waals surface area (Å²) in [5.74, 6) is -0.271. The van der Waals surface area contributed by atoms with E-state index in [1.807, 2.05) is 6.92 Å². The van der Waals surface area contributed by atoms with Gasteiger partial charge in [0.25, 0.3) is 0 Å². The van der Waals surface area contributed by atoms with Gasteiger partial charge in [-0.3, -0.25) is 9.59 Å². The highest BCUT2D eigenvalue weighted by Gasteiger charge is 2.30. The molecule has 1 heterocycles. The Bertz CT molecular complexity index is 509. The first kappa shape index (κ1) is 10.7. The highest BCUT2D eigenvalue weighted by Crippen LogP contribution is 2.24. The Balaban J connectivity index is 2.63. The van der Waals surface area contributed by atoms with E-state index in [9.17, 15) is 9.59 Å². The number of nitrogens with zero attached hydrogens (tertiary/aromatic N) is 1. The summed E-state index contributed by atoms with van der Waals surface area (Å²) < 4.78 is 6.67. The molecule has 4 nitrogen and oxygen atoms in total. The van der Waals surface area contributed by atoms with Crippen LogP contribution in [0.15, 0.2) is 17.9 Å². The van der Waals surface area contributed by atoms with Crippen molar-refractivity contribution in [3.63, 3.8) is 0 Å². The first-order valence-corrected chi connectivity index (χ1v) is 5.13. The number of carbonyl (C=O) groups excluding carboxylic acids is 2. The molecule has 1 aliphatic carbocycles. The van der Waals surface area contributed by atoms with Crippen LogP contribution in [0.1, 0.15) is 33.5 Å². The van der Waals surface area contributed by atoms with E-state index in [4.69, 9.17) is 4.74 Å². The number of aromatic nitrogens is 1. The first-order valence-electron chi connectivity index (χ1n) is 5.13.